The van der Waals surface area contributed by atoms with E-state index in [-0.39, 0.29) is 18.3 Å². The van der Waals surface area contributed by atoms with Crippen molar-refractivity contribution in [2.75, 3.05) is 12.0 Å². The van der Waals surface area contributed by atoms with Crippen LogP contribution in [0.5, 0.6) is 0 Å². The van der Waals surface area contributed by atoms with Gasteiger partial charge in [-0.05, 0) is 30.1 Å². The first-order valence-corrected chi connectivity index (χ1v) is 7.96. The Morgan fingerprint density at radius 1 is 1.38 bits per heavy atom. The van der Waals surface area contributed by atoms with Crippen LogP contribution < -0.4 is 11.1 Å². The Bertz CT molecular complexity index is 589. The summed E-state index contributed by atoms with van der Waals surface area (Å²) >= 11 is 1.69. The summed E-state index contributed by atoms with van der Waals surface area (Å²) in [5, 5.41) is 3.96. The van der Waals surface area contributed by atoms with E-state index in [1.54, 1.807) is 18.0 Å². The van der Waals surface area contributed by atoms with Crippen molar-refractivity contribution < 1.29 is 4.79 Å². The Labute approximate surface area is 135 Å². The van der Waals surface area contributed by atoms with E-state index in [1.807, 2.05) is 36.6 Å². The second kappa shape index (κ2) is 8.87. The molecule has 0 saturated carbocycles. The summed E-state index contributed by atoms with van der Waals surface area (Å²) in [7, 11) is 0. The van der Waals surface area contributed by atoms with Crippen LogP contribution in [0.25, 0.3) is 10.9 Å². The molecule has 6 heteroatoms. The second-order valence-electron chi connectivity index (χ2n) is 4.60. The number of halogens is 1. The summed E-state index contributed by atoms with van der Waals surface area (Å²) in [5.41, 5.74) is 7.77. The molecule has 114 valence electrons. The first-order valence-electron chi connectivity index (χ1n) is 6.57. The van der Waals surface area contributed by atoms with Gasteiger partial charge in [0.25, 0.3) is 0 Å². The highest BCUT2D eigenvalue weighted by atomic mass is 35.5. The summed E-state index contributed by atoms with van der Waals surface area (Å²) in [6.45, 7) is 0.458. The lowest BCUT2D eigenvalue weighted by Crippen LogP contribution is -2.40. The van der Waals surface area contributed by atoms with Crippen LogP contribution in [0, 0.1) is 0 Å². The lowest BCUT2D eigenvalue weighted by Gasteiger charge is -2.12. The third-order valence-electron chi connectivity index (χ3n) is 3.14. The van der Waals surface area contributed by atoms with Gasteiger partial charge in [0.1, 0.15) is 0 Å². The zero-order chi connectivity index (χ0) is 14.4. The summed E-state index contributed by atoms with van der Waals surface area (Å²) < 4.78 is 0. The maximum Gasteiger partial charge on any atom is 0.237 e. The van der Waals surface area contributed by atoms with Gasteiger partial charge in [0, 0.05) is 18.1 Å². The number of thioether (sulfide) groups is 1. The van der Waals surface area contributed by atoms with E-state index in [2.05, 4.69) is 10.3 Å². The zero-order valence-electron chi connectivity index (χ0n) is 11.9. The van der Waals surface area contributed by atoms with Crippen molar-refractivity contribution in [2.45, 2.75) is 19.0 Å². The van der Waals surface area contributed by atoms with Crippen molar-refractivity contribution in [1.29, 1.82) is 0 Å². The number of carbonyl (C=O) groups is 1. The lowest BCUT2D eigenvalue weighted by molar-refractivity contribution is -0.122. The molecule has 0 aliphatic carbocycles. The zero-order valence-corrected chi connectivity index (χ0v) is 13.5. The molecule has 2 rings (SSSR count). The van der Waals surface area contributed by atoms with Gasteiger partial charge in [0.2, 0.25) is 5.91 Å². The number of fused-ring (bicyclic) bond motifs is 1. The molecule has 0 saturated heterocycles. The van der Waals surface area contributed by atoms with Crippen molar-refractivity contribution >= 4 is 41.0 Å². The van der Waals surface area contributed by atoms with Gasteiger partial charge in [-0.1, -0.05) is 24.3 Å². The van der Waals surface area contributed by atoms with Crippen LogP contribution in [-0.2, 0) is 11.3 Å². The minimum atomic E-state index is -0.439. The molecule has 1 atom stereocenters. The van der Waals surface area contributed by atoms with Crippen molar-refractivity contribution in [2.24, 2.45) is 5.73 Å². The number of pyridine rings is 1. The number of aromatic nitrogens is 1. The molecular formula is C15H20ClN3OS. The van der Waals surface area contributed by atoms with Crippen molar-refractivity contribution in [3.63, 3.8) is 0 Å². The predicted molar refractivity (Wildman–Crippen MR) is 91.8 cm³/mol. The number of nitrogens with zero attached hydrogens (tertiary/aromatic N) is 1. The summed E-state index contributed by atoms with van der Waals surface area (Å²) in [6.07, 6.45) is 4.46. The van der Waals surface area contributed by atoms with Crippen molar-refractivity contribution in [3.8, 4) is 0 Å². The quantitative estimate of drug-likeness (QED) is 0.855. The van der Waals surface area contributed by atoms with Gasteiger partial charge in [-0.2, -0.15) is 11.8 Å². The molecule has 1 amide bonds. The van der Waals surface area contributed by atoms with Gasteiger partial charge in [-0.25, -0.2) is 0 Å². The van der Waals surface area contributed by atoms with Crippen LogP contribution in [0.4, 0.5) is 0 Å². The fourth-order valence-corrected chi connectivity index (χ4v) is 2.49. The fraction of sp³-hybridized carbons (Fsp3) is 0.333. The molecule has 1 aromatic heterocycles. The van der Waals surface area contributed by atoms with Gasteiger partial charge >= 0.3 is 0 Å². The Morgan fingerprint density at radius 2 is 2.14 bits per heavy atom. The monoisotopic (exact) mass is 325 g/mol. The standard InChI is InChI=1S/C15H19N3OS.ClH/c1-20-9-7-13(16)15(19)18-10-12-5-2-4-11-6-3-8-17-14(11)12;/h2-6,8,13H,7,9-10,16H2,1H3,(H,18,19);1H/t13-;/m0./s1. The van der Waals surface area contributed by atoms with Gasteiger partial charge in [-0.15, -0.1) is 12.4 Å². The van der Waals surface area contributed by atoms with E-state index in [0.29, 0.717) is 13.0 Å². The molecule has 1 aromatic carbocycles. The third-order valence-corrected chi connectivity index (χ3v) is 3.78. The smallest absolute Gasteiger partial charge is 0.237 e. The topological polar surface area (TPSA) is 68.0 Å². The molecule has 0 radical (unpaired) electrons. The van der Waals surface area contributed by atoms with Crippen LogP contribution in [0.1, 0.15) is 12.0 Å². The van der Waals surface area contributed by atoms with E-state index in [9.17, 15) is 4.79 Å². The number of para-hydroxylation sites is 1. The maximum atomic E-state index is 11.9. The molecule has 1 heterocycles. The molecule has 2 aromatic rings. The Balaban J connectivity index is 0.00000220. The number of benzene rings is 1. The molecular weight excluding hydrogens is 306 g/mol. The van der Waals surface area contributed by atoms with Gasteiger partial charge in [0.15, 0.2) is 0 Å². The maximum absolute atomic E-state index is 11.9. The Hall–Kier alpha value is -1.30. The van der Waals surface area contributed by atoms with Crippen LogP contribution in [-0.4, -0.2) is 28.9 Å². The van der Waals surface area contributed by atoms with Crippen LogP contribution in [0.2, 0.25) is 0 Å². The highest BCUT2D eigenvalue weighted by Crippen LogP contribution is 2.15. The van der Waals surface area contributed by atoms with Crippen molar-refractivity contribution in [3.05, 3.63) is 42.1 Å². The minimum Gasteiger partial charge on any atom is -0.351 e. The summed E-state index contributed by atoms with van der Waals surface area (Å²) in [6, 6.07) is 9.44. The number of hydrogen-bond donors (Lipinski definition) is 2. The third kappa shape index (κ3) is 4.88. The highest BCUT2D eigenvalue weighted by Gasteiger charge is 2.12. The lowest BCUT2D eigenvalue weighted by atomic mass is 10.1. The molecule has 0 fully saturated rings. The summed E-state index contributed by atoms with van der Waals surface area (Å²) in [5.74, 6) is 0.789. The number of hydrogen-bond acceptors (Lipinski definition) is 4. The Morgan fingerprint density at radius 3 is 2.90 bits per heavy atom. The number of amides is 1. The average molecular weight is 326 g/mol. The Kier molecular flexibility index (Phi) is 7.50. The van der Waals surface area contributed by atoms with Gasteiger partial charge < -0.3 is 11.1 Å². The molecule has 0 bridgehead atoms. The molecule has 21 heavy (non-hydrogen) atoms. The second-order valence-corrected chi connectivity index (χ2v) is 5.58. The van der Waals surface area contributed by atoms with Gasteiger partial charge in [-0.3, -0.25) is 9.78 Å². The number of nitrogens with two attached hydrogens (primary N) is 1. The highest BCUT2D eigenvalue weighted by molar-refractivity contribution is 7.98. The number of carbonyl (C=O) groups excluding carboxylic acids is 1. The van der Waals surface area contributed by atoms with E-state index in [0.717, 1.165) is 22.2 Å². The van der Waals surface area contributed by atoms with E-state index in [1.165, 1.54) is 0 Å². The van der Waals surface area contributed by atoms with Gasteiger partial charge in [0.05, 0.1) is 11.6 Å². The first-order chi connectivity index (χ1) is 9.72. The molecule has 0 spiro atoms. The molecule has 3 N–H and O–H groups in total. The van der Waals surface area contributed by atoms with E-state index >= 15 is 0 Å². The summed E-state index contributed by atoms with van der Waals surface area (Å²) in [4.78, 5) is 16.3. The number of rotatable bonds is 6. The molecule has 0 aliphatic rings. The number of nitrogens with one attached hydrogen (secondary N) is 1. The minimum absolute atomic E-state index is 0. The average Bonchev–Trinajstić information content (AvgIpc) is 2.50. The molecule has 4 nitrogen and oxygen atoms in total. The van der Waals surface area contributed by atoms with Crippen molar-refractivity contribution in [1.82, 2.24) is 10.3 Å². The fourth-order valence-electron chi connectivity index (χ4n) is 2.00. The molecule has 0 aliphatic heterocycles. The van der Waals surface area contributed by atoms with E-state index in [4.69, 9.17) is 5.73 Å². The SMILES string of the molecule is CSCC[C@H](N)C(=O)NCc1cccc2cccnc12.Cl. The normalized spacial score (nSPS) is 11.7. The first kappa shape index (κ1) is 17.8. The van der Waals surface area contributed by atoms with Crippen LogP contribution in [0.15, 0.2) is 36.5 Å². The molecule has 0 unspecified atom stereocenters. The largest absolute Gasteiger partial charge is 0.351 e. The van der Waals surface area contributed by atoms with E-state index < -0.39 is 6.04 Å². The predicted octanol–water partition coefficient (Wildman–Crippen LogP) is 2.35. The van der Waals surface area contributed by atoms with Crippen LogP contribution >= 0.6 is 24.2 Å². The van der Waals surface area contributed by atoms with Crippen LogP contribution in [0.3, 0.4) is 0 Å².